The fourth-order valence-corrected chi connectivity index (χ4v) is 2.44. The molecular formula is C16H32N2O. The van der Waals surface area contributed by atoms with Gasteiger partial charge in [0.2, 0.25) is 5.91 Å². The molecule has 3 nitrogen and oxygen atoms in total. The Labute approximate surface area is 119 Å². The van der Waals surface area contributed by atoms with Crippen molar-refractivity contribution in [1.29, 1.82) is 0 Å². The molecule has 19 heavy (non-hydrogen) atoms. The van der Waals surface area contributed by atoms with Crippen LogP contribution in [0.25, 0.3) is 0 Å². The van der Waals surface area contributed by atoms with Crippen LogP contribution in [-0.2, 0) is 4.79 Å². The summed E-state index contributed by atoms with van der Waals surface area (Å²) in [6, 6.07) is 0.00691. The first-order chi connectivity index (χ1) is 8.79. The number of nitrogens with one attached hydrogen (secondary N) is 1. The highest BCUT2D eigenvalue weighted by Crippen LogP contribution is 2.16. The summed E-state index contributed by atoms with van der Waals surface area (Å²) in [6.45, 7) is 12.8. The van der Waals surface area contributed by atoms with Crippen LogP contribution in [0.15, 0.2) is 0 Å². The van der Waals surface area contributed by atoms with Crippen LogP contribution in [0.1, 0.15) is 66.7 Å². The van der Waals surface area contributed by atoms with Crippen molar-refractivity contribution in [2.45, 2.75) is 78.3 Å². The van der Waals surface area contributed by atoms with Crippen molar-refractivity contribution in [2.75, 3.05) is 13.1 Å². The highest BCUT2D eigenvalue weighted by Gasteiger charge is 2.29. The van der Waals surface area contributed by atoms with Gasteiger partial charge in [-0.25, -0.2) is 0 Å². The van der Waals surface area contributed by atoms with Crippen molar-refractivity contribution in [2.24, 2.45) is 5.92 Å². The quantitative estimate of drug-likeness (QED) is 0.719. The van der Waals surface area contributed by atoms with Crippen LogP contribution in [0, 0.1) is 5.92 Å². The lowest BCUT2D eigenvalue weighted by molar-refractivity contribution is -0.137. The standard InChI is InChI=1S/C16H32N2O/c1-13(2)9-6-7-10-14(17-16(3,4)5)15(19)18-11-8-12-18/h13-14,17H,6-12H2,1-5H3. The SMILES string of the molecule is CC(C)CCCCC(NC(C)(C)C)C(=O)N1CCC1. The topological polar surface area (TPSA) is 32.3 Å². The number of amides is 1. The summed E-state index contributed by atoms with van der Waals surface area (Å²) >= 11 is 0. The molecule has 1 aliphatic rings. The maximum absolute atomic E-state index is 12.4. The molecule has 0 aromatic carbocycles. The van der Waals surface area contributed by atoms with E-state index in [0.717, 1.165) is 31.8 Å². The van der Waals surface area contributed by atoms with Gasteiger partial charge >= 0.3 is 0 Å². The van der Waals surface area contributed by atoms with Crippen molar-refractivity contribution in [1.82, 2.24) is 10.2 Å². The Morgan fingerprint density at radius 1 is 1.16 bits per heavy atom. The third kappa shape index (κ3) is 6.42. The summed E-state index contributed by atoms with van der Waals surface area (Å²) in [5, 5.41) is 3.50. The van der Waals surface area contributed by atoms with Gasteiger partial charge in [-0.05, 0) is 39.5 Å². The van der Waals surface area contributed by atoms with E-state index in [4.69, 9.17) is 0 Å². The summed E-state index contributed by atoms with van der Waals surface area (Å²) in [6.07, 6.45) is 5.78. The van der Waals surface area contributed by atoms with E-state index in [9.17, 15) is 4.79 Å². The van der Waals surface area contributed by atoms with Crippen LogP contribution in [0.2, 0.25) is 0 Å². The molecule has 1 N–H and O–H groups in total. The molecule has 0 radical (unpaired) electrons. The first-order valence-corrected chi connectivity index (χ1v) is 7.86. The van der Waals surface area contributed by atoms with Crippen molar-refractivity contribution in [3.05, 3.63) is 0 Å². The van der Waals surface area contributed by atoms with E-state index < -0.39 is 0 Å². The van der Waals surface area contributed by atoms with Gasteiger partial charge in [-0.15, -0.1) is 0 Å². The molecule has 1 rings (SSSR count). The minimum atomic E-state index is 0.00322. The van der Waals surface area contributed by atoms with Gasteiger partial charge in [0.25, 0.3) is 0 Å². The van der Waals surface area contributed by atoms with E-state index in [0.29, 0.717) is 5.91 Å². The second-order valence-corrected chi connectivity index (χ2v) is 7.30. The Morgan fingerprint density at radius 2 is 1.74 bits per heavy atom. The van der Waals surface area contributed by atoms with Crippen LogP contribution >= 0.6 is 0 Å². The first kappa shape index (κ1) is 16.5. The van der Waals surface area contributed by atoms with Crippen molar-refractivity contribution in [3.63, 3.8) is 0 Å². The lowest BCUT2D eigenvalue weighted by atomic mass is 9.99. The Balaban J connectivity index is 2.42. The summed E-state index contributed by atoms with van der Waals surface area (Å²) in [5.74, 6) is 1.07. The highest BCUT2D eigenvalue weighted by atomic mass is 16.2. The number of likely N-dealkylation sites (tertiary alicyclic amines) is 1. The van der Waals surface area contributed by atoms with Crippen molar-refractivity contribution < 1.29 is 4.79 Å². The number of rotatable bonds is 7. The van der Waals surface area contributed by atoms with Gasteiger partial charge in [0.15, 0.2) is 0 Å². The molecule has 0 saturated carbocycles. The summed E-state index contributed by atoms with van der Waals surface area (Å²) in [5.41, 5.74) is 0.00322. The first-order valence-electron chi connectivity index (χ1n) is 7.86. The molecule has 1 saturated heterocycles. The summed E-state index contributed by atoms with van der Waals surface area (Å²) in [4.78, 5) is 14.4. The van der Waals surface area contributed by atoms with Crippen molar-refractivity contribution in [3.8, 4) is 0 Å². The molecule has 1 heterocycles. The molecular weight excluding hydrogens is 236 g/mol. The maximum Gasteiger partial charge on any atom is 0.239 e. The van der Waals surface area contributed by atoms with E-state index >= 15 is 0 Å². The van der Waals surface area contributed by atoms with Gasteiger partial charge < -0.3 is 10.2 Å². The normalized spacial score (nSPS) is 17.5. The van der Waals surface area contributed by atoms with Crippen LogP contribution < -0.4 is 5.32 Å². The Kier molecular flexibility index (Phi) is 6.31. The van der Waals surface area contributed by atoms with E-state index in [1.165, 1.54) is 19.3 Å². The zero-order chi connectivity index (χ0) is 14.5. The number of carbonyl (C=O) groups is 1. The molecule has 0 spiro atoms. The van der Waals surface area contributed by atoms with Gasteiger partial charge in [-0.3, -0.25) is 4.79 Å². The molecule has 3 heteroatoms. The zero-order valence-corrected chi connectivity index (χ0v) is 13.5. The van der Waals surface area contributed by atoms with Gasteiger partial charge in [0, 0.05) is 18.6 Å². The Morgan fingerprint density at radius 3 is 2.16 bits per heavy atom. The summed E-state index contributed by atoms with van der Waals surface area (Å²) < 4.78 is 0. The molecule has 0 bridgehead atoms. The number of hydrogen-bond acceptors (Lipinski definition) is 2. The smallest absolute Gasteiger partial charge is 0.239 e. The third-order valence-electron chi connectivity index (χ3n) is 3.60. The molecule has 112 valence electrons. The molecule has 0 aromatic rings. The second-order valence-electron chi connectivity index (χ2n) is 7.30. The predicted octanol–water partition coefficient (Wildman–Crippen LogP) is 3.19. The van der Waals surface area contributed by atoms with Gasteiger partial charge in [-0.2, -0.15) is 0 Å². The number of carbonyl (C=O) groups excluding carboxylic acids is 1. The number of hydrogen-bond donors (Lipinski definition) is 1. The second kappa shape index (κ2) is 7.28. The maximum atomic E-state index is 12.4. The third-order valence-corrected chi connectivity index (χ3v) is 3.60. The Bertz CT molecular complexity index is 277. The van der Waals surface area contributed by atoms with Gasteiger partial charge in [0.05, 0.1) is 6.04 Å². The largest absolute Gasteiger partial charge is 0.341 e. The molecule has 1 fully saturated rings. The molecule has 1 amide bonds. The number of unbranched alkanes of at least 4 members (excludes halogenated alkanes) is 1. The van der Waals surface area contributed by atoms with Gasteiger partial charge in [0.1, 0.15) is 0 Å². The van der Waals surface area contributed by atoms with E-state index in [1.807, 2.05) is 4.90 Å². The van der Waals surface area contributed by atoms with Crippen LogP contribution in [0.4, 0.5) is 0 Å². The predicted molar refractivity (Wildman–Crippen MR) is 81.2 cm³/mol. The Hall–Kier alpha value is -0.570. The van der Waals surface area contributed by atoms with Crippen LogP contribution in [0.3, 0.4) is 0 Å². The van der Waals surface area contributed by atoms with E-state index in [1.54, 1.807) is 0 Å². The van der Waals surface area contributed by atoms with Crippen LogP contribution in [-0.4, -0.2) is 35.5 Å². The fourth-order valence-electron chi connectivity index (χ4n) is 2.44. The highest BCUT2D eigenvalue weighted by molar-refractivity contribution is 5.82. The molecule has 0 aliphatic carbocycles. The number of nitrogens with zero attached hydrogens (tertiary/aromatic N) is 1. The zero-order valence-electron chi connectivity index (χ0n) is 13.5. The van der Waals surface area contributed by atoms with Gasteiger partial charge in [-0.1, -0.05) is 33.1 Å². The van der Waals surface area contributed by atoms with E-state index in [2.05, 4.69) is 39.9 Å². The van der Waals surface area contributed by atoms with Crippen molar-refractivity contribution >= 4 is 5.91 Å². The van der Waals surface area contributed by atoms with E-state index in [-0.39, 0.29) is 11.6 Å². The molecule has 1 unspecified atom stereocenters. The lowest BCUT2D eigenvalue weighted by Gasteiger charge is -2.37. The molecule has 1 atom stereocenters. The average Bonchev–Trinajstić information content (AvgIpc) is 2.17. The van der Waals surface area contributed by atoms with Crippen LogP contribution in [0.5, 0.6) is 0 Å². The minimum absolute atomic E-state index is 0.00322. The molecule has 0 aromatic heterocycles. The average molecular weight is 268 g/mol. The molecule has 1 aliphatic heterocycles. The monoisotopic (exact) mass is 268 g/mol. The summed E-state index contributed by atoms with van der Waals surface area (Å²) in [7, 11) is 0. The lowest BCUT2D eigenvalue weighted by Crippen LogP contribution is -2.55. The minimum Gasteiger partial charge on any atom is -0.341 e. The fraction of sp³-hybridized carbons (Fsp3) is 0.938.